The van der Waals surface area contributed by atoms with Crippen LogP contribution in [0.1, 0.15) is 10.5 Å². The van der Waals surface area contributed by atoms with E-state index in [-0.39, 0.29) is 18.8 Å². The van der Waals surface area contributed by atoms with Gasteiger partial charge in [0.15, 0.2) is 0 Å². The third-order valence-electron chi connectivity index (χ3n) is 3.58. The number of pyridine rings is 1. The number of alkyl halides is 3. The molecular formula is C15H14F3N5O2. The predicted octanol–water partition coefficient (Wildman–Crippen LogP) is 1.82. The van der Waals surface area contributed by atoms with E-state index in [0.29, 0.717) is 10.6 Å². The van der Waals surface area contributed by atoms with E-state index in [1.54, 1.807) is 23.0 Å². The van der Waals surface area contributed by atoms with Crippen molar-refractivity contribution >= 4 is 11.9 Å². The number of hydrazine groups is 1. The second-order valence-corrected chi connectivity index (χ2v) is 5.40. The minimum Gasteiger partial charge on any atom is -0.324 e. The van der Waals surface area contributed by atoms with Gasteiger partial charge in [-0.3, -0.25) is 15.2 Å². The van der Waals surface area contributed by atoms with Gasteiger partial charge in [0.25, 0.3) is 5.91 Å². The molecule has 0 saturated carbocycles. The highest BCUT2D eigenvalue weighted by atomic mass is 19.4. The first kappa shape index (κ1) is 16.8. The maximum Gasteiger partial charge on any atom is 0.406 e. The number of carbonyl (C=O) groups excluding carboxylic acids is 2. The van der Waals surface area contributed by atoms with E-state index in [4.69, 9.17) is 0 Å². The molecule has 132 valence electrons. The molecule has 10 heteroatoms. The maximum absolute atomic E-state index is 12.4. The fourth-order valence-electron chi connectivity index (χ4n) is 2.44. The molecule has 3 rings (SSSR count). The Morgan fingerprint density at radius 3 is 2.64 bits per heavy atom. The van der Waals surface area contributed by atoms with E-state index in [2.05, 4.69) is 10.4 Å². The summed E-state index contributed by atoms with van der Waals surface area (Å²) in [4.78, 5) is 28.7. The van der Waals surface area contributed by atoms with Gasteiger partial charge in [-0.2, -0.15) is 13.2 Å². The van der Waals surface area contributed by atoms with Crippen molar-refractivity contribution in [2.45, 2.75) is 6.18 Å². The van der Waals surface area contributed by atoms with Crippen LogP contribution in [0.5, 0.6) is 0 Å². The van der Waals surface area contributed by atoms with Crippen molar-refractivity contribution in [3.05, 3.63) is 48.5 Å². The Balaban J connectivity index is 1.67. The van der Waals surface area contributed by atoms with Gasteiger partial charge in [0, 0.05) is 30.8 Å². The molecule has 25 heavy (non-hydrogen) atoms. The van der Waals surface area contributed by atoms with Crippen molar-refractivity contribution in [2.24, 2.45) is 0 Å². The lowest BCUT2D eigenvalue weighted by Crippen LogP contribution is -2.46. The number of carbonyl (C=O) groups is 2. The molecule has 7 nitrogen and oxygen atoms in total. The Morgan fingerprint density at radius 1 is 1.24 bits per heavy atom. The minimum atomic E-state index is -4.48. The molecule has 0 radical (unpaired) electrons. The summed E-state index contributed by atoms with van der Waals surface area (Å²) in [7, 11) is 0. The molecule has 1 saturated heterocycles. The smallest absolute Gasteiger partial charge is 0.324 e. The minimum absolute atomic E-state index is 0.0298. The summed E-state index contributed by atoms with van der Waals surface area (Å²) in [6.07, 6.45) is 0.528. The first-order chi connectivity index (χ1) is 11.8. The first-order valence-electron chi connectivity index (χ1n) is 7.37. The van der Waals surface area contributed by atoms with Gasteiger partial charge in [-0.1, -0.05) is 0 Å². The highest BCUT2D eigenvalue weighted by Crippen LogP contribution is 2.19. The van der Waals surface area contributed by atoms with Crippen LogP contribution in [0.4, 0.5) is 18.0 Å². The lowest BCUT2D eigenvalue weighted by atomic mass is 10.3. The summed E-state index contributed by atoms with van der Waals surface area (Å²) < 4.78 is 39.0. The van der Waals surface area contributed by atoms with Crippen LogP contribution in [0.2, 0.25) is 0 Å². The summed E-state index contributed by atoms with van der Waals surface area (Å²) in [6, 6.07) is 5.95. The van der Waals surface area contributed by atoms with Crippen molar-refractivity contribution in [1.82, 2.24) is 24.9 Å². The van der Waals surface area contributed by atoms with Gasteiger partial charge in [0.05, 0.1) is 6.54 Å². The quantitative estimate of drug-likeness (QED) is 0.912. The zero-order chi connectivity index (χ0) is 18.0. The average Bonchev–Trinajstić information content (AvgIpc) is 3.19. The Hall–Kier alpha value is -3.04. The third kappa shape index (κ3) is 3.90. The number of aromatic nitrogens is 2. The standard InChI is InChI=1S/C15H14F3N5O2/c16-15(17,18)10-22-7-8-23(14(22)25)20-13(24)12-9-11(3-4-19-12)21-5-1-2-6-21/h1-6,9H,7-8,10H2,(H,20,24). The molecule has 1 N–H and O–H groups in total. The number of hydrogen-bond donors (Lipinski definition) is 1. The van der Waals surface area contributed by atoms with Crippen LogP contribution in [-0.2, 0) is 0 Å². The number of urea groups is 1. The summed E-state index contributed by atoms with van der Waals surface area (Å²) >= 11 is 0. The molecule has 1 aliphatic heterocycles. The molecule has 0 unspecified atom stereocenters. The molecular weight excluding hydrogens is 339 g/mol. The van der Waals surface area contributed by atoms with Crippen molar-refractivity contribution in [3.63, 3.8) is 0 Å². The Kier molecular flexibility index (Phi) is 4.34. The van der Waals surface area contributed by atoms with Gasteiger partial charge in [-0.15, -0.1) is 0 Å². The van der Waals surface area contributed by atoms with Gasteiger partial charge in [-0.05, 0) is 24.3 Å². The van der Waals surface area contributed by atoms with E-state index in [1.807, 2.05) is 12.1 Å². The van der Waals surface area contributed by atoms with Crippen LogP contribution in [-0.4, -0.2) is 57.2 Å². The number of hydrogen-bond acceptors (Lipinski definition) is 3. The van der Waals surface area contributed by atoms with E-state index in [1.165, 1.54) is 12.3 Å². The molecule has 0 bridgehead atoms. The normalized spacial score (nSPS) is 14.9. The monoisotopic (exact) mass is 353 g/mol. The molecule has 0 spiro atoms. The molecule has 3 heterocycles. The van der Waals surface area contributed by atoms with Crippen LogP contribution >= 0.6 is 0 Å². The Morgan fingerprint density at radius 2 is 1.96 bits per heavy atom. The zero-order valence-corrected chi connectivity index (χ0v) is 12.9. The summed E-state index contributed by atoms with van der Waals surface area (Å²) in [5.74, 6) is -0.670. The largest absolute Gasteiger partial charge is 0.406 e. The summed E-state index contributed by atoms with van der Waals surface area (Å²) in [6.45, 7) is -1.49. The molecule has 0 atom stereocenters. The van der Waals surface area contributed by atoms with Crippen molar-refractivity contribution in [3.8, 4) is 5.69 Å². The average molecular weight is 353 g/mol. The molecule has 1 aliphatic rings. The van der Waals surface area contributed by atoms with Crippen molar-refractivity contribution < 1.29 is 22.8 Å². The van der Waals surface area contributed by atoms with E-state index in [0.717, 1.165) is 5.01 Å². The van der Waals surface area contributed by atoms with Gasteiger partial charge in [-0.25, -0.2) is 9.80 Å². The Bertz CT molecular complexity index is 776. The number of nitrogens with zero attached hydrogens (tertiary/aromatic N) is 4. The molecule has 2 aromatic heterocycles. The topological polar surface area (TPSA) is 70.5 Å². The highest BCUT2D eigenvalue weighted by molar-refractivity contribution is 5.94. The van der Waals surface area contributed by atoms with Crippen molar-refractivity contribution in [2.75, 3.05) is 19.6 Å². The third-order valence-corrected chi connectivity index (χ3v) is 3.58. The van der Waals surface area contributed by atoms with Crippen molar-refractivity contribution in [1.29, 1.82) is 0 Å². The summed E-state index contributed by atoms with van der Waals surface area (Å²) in [5, 5.41) is 0.859. The SMILES string of the molecule is O=C(NN1CCN(CC(F)(F)F)C1=O)c1cc(-n2cccc2)ccn1. The number of nitrogens with one attached hydrogen (secondary N) is 1. The second-order valence-electron chi connectivity index (χ2n) is 5.40. The van der Waals surface area contributed by atoms with Crippen LogP contribution < -0.4 is 5.43 Å². The van der Waals surface area contributed by atoms with Crippen LogP contribution in [0.3, 0.4) is 0 Å². The fourth-order valence-corrected chi connectivity index (χ4v) is 2.44. The van der Waals surface area contributed by atoms with Crippen LogP contribution in [0.15, 0.2) is 42.9 Å². The van der Waals surface area contributed by atoms with E-state index >= 15 is 0 Å². The van der Waals surface area contributed by atoms with Crippen LogP contribution in [0.25, 0.3) is 5.69 Å². The predicted molar refractivity (Wildman–Crippen MR) is 80.8 cm³/mol. The van der Waals surface area contributed by atoms with E-state index in [9.17, 15) is 22.8 Å². The summed E-state index contributed by atoms with van der Waals surface area (Å²) in [5.41, 5.74) is 3.04. The number of rotatable bonds is 4. The maximum atomic E-state index is 12.4. The van der Waals surface area contributed by atoms with Crippen LogP contribution in [0, 0.1) is 0 Å². The van der Waals surface area contributed by atoms with Gasteiger partial charge in [0.2, 0.25) is 0 Å². The molecule has 2 aromatic rings. The highest BCUT2D eigenvalue weighted by Gasteiger charge is 2.38. The lowest BCUT2D eigenvalue weighted by molar-refractivity contribution is -0.138. The molecule has 0 aromatic carbocycles. The Labute approximate surface area is 140 Å². The van der Waals surface area contributed by atoms with Gasteiger partial charge in [0.1, 0.15) is 12.2 Å². The van der Waals surface area contributed by atoms with Gasteiger partial charge < -0.3 is 9.47 Å². The lowest BCUT2D eigenvalue weighted by Gasteiger charge is -2.20. The first-order valence-corrected chi connectivity index (χ1v) is 7.37. The zero-order valence-electron chi connectivity index (χ0n) is 12.9. The van der Waals surface area contributed by atoms with E-state index < -0.39 is 24.7 Å². The molecule has 0 aliphatic carbocycles. The fraction of sp³-hybridized carbons (Fsp3) is 0.267. The molecule has 3 amide bonds. The number of halogens is 3. The number of amides is 3. The second kappa shape index (κ2) is 6.46. The van der Waals surface area contributed by atoms with Gasteiger partial charge >= 0.3 is 12.2 Å². The molecule has 1 fully saturated rings.